The van der Waals surface area contributed by atoms with Gasteiger partial charge in [-0.1, -0.05) is 0 Å². The third-order valence-electron chi connectivity index (χ3n) is 0.866. The number of hydrogen-bond acceptors (Lipinski definition) is 4. The van der Waals surface area contributed by atoms with E-state index >= 15 is 0 Å². The molecule has 0 amide bonds. The van der Waals surface area contributed by atoms with Crippen molar-refractivity contribution in [3.63, 3.8) is 0 Å². The van der Waals surface area contributed by atoms with Crippen LogP contribution in [0.25, 0.3) is 0 Å². The number of hydrogen-bond donors (Lipinski definition) is 0. The van der Waals surface area contributed by atoms with Crippen LogP contribution in [0.2, 0.25) is 0 Å². The van der Waals surface area contributed by atoms with Crippen molar-refractivity contribution in [1.29, 1.82) is 0 Å². The summed E-state index contributed by atoms with van der Waals surface area (Å²) in [5.74, 6) is 0. The molecule has 0 saturated heterocycles. The molecule has 58 valence electrons. The predicted octanol–water partition coefficient (Wildman–Crippen LogP) is 1.54. The smallest absolute Gasteiger partial charge is 0.106 e. The SMILES string of the molecule is CC(=NOF)C(C)=NOF. The Morgan fingerprint density at radius 3 is 1.50 bits per heavy atom. The molecule has 0 saturated carbocycles. The van der Waals surface area contributed by atoms with Gasteiger partial charge in [-0.2, -0.15) is 10.1 Å². The highest BCUT2D eigenvalue weighted by Crippen LogP contribution is 1.87. The minimum absolute atomic E-state index is 0.0974. The van der Waals surface area contributed by atoms with Gasteiger partial charge in [-0.15, -0.1) is 0 Å². The summed E-state index contributed by atoms with van der Waals surface area (Å²) >= 11 is 0. The lowest BCUT2D eigenvalue weighted by atomic mass is 10.3. The van der Waals surface area contributed by atoms with Gasteiger partial charge in [0, 0.05) is 9.05 Å². The summed E-state index contributed by atoms with van der Waals surface area (Å²) in [5.41, 5.74) is 0.195. The van der Waals surface area contributed by atoms with Crippen LogP contribution in [0.3, 0.4) is 0 Å². The first-order valence-electron chi connectivity index (χ1n) is 2.37. The van der Waals surface area contributed by atoms with E-state index in [1.165, 1.54) is 13.8 Å². The van der Waals surface area contributed by atoms with E-state index in [0.29, 0.717) is 0 Å². The lowest BCUT2D eigenvalue weighted by Gasteiger charge is -1.90. The quantitative estimate of drug-likeness (QED) is 0.454. The molecule has 10 heavy (non-hydrogen) atoms. The highest BCUT2D eigenvalue weighted by atomic mass is 19.3. The molecular weight excluding hydrogens is 146 g/mol. The maximum atomic E-state index is 11.0. The topological polar surface area (TPSA) is 43.2 Å². The maximum Gasteiger partial charge on any atom is 0.106 e. The van der Waals surface area contributed by atoms with Gasteiger partial charge in [-0.25, -0.2) is 0 Å². The zero-order chi connectivity index (χ0) is 7.98. The average Bonchev–Trinajstić information content (AvgIpc) is 1.89. The molecule has 4 nitrogen and oxygen atoms in total. The zero-order valence-corrected chi connectivity index (χ0v) is 5.47. The summed E-state index contributed by atoms with van der Waals surface area (Å²) < 4.78 is 21.9. The standard InChI is InChI=1S/C4H6F2N2O2/c1-3(7-9-5)4(2)8-10-6/h1-2H3. The van der Waals surface area contributed by atoms with E-state index in [4.69, 9.17) is 0 Å². The van der Waals surface area contributed by atoms with Gasteiger partial charge in [0.1, 0.15) is 11.4 Å². The predicted molar refractivity (Wildman–Crippen MR) is 30.6 cm³/mol. The largest absolute Gasteiger partial charge is 0.174 e. The van der Waals surface area contributed by atoms with E-state index in [-0.39, 0.29) is 11.4 Å². The molecule has 6 heteroatoms. The third-order valence-corrected chi connectivity index (χ3v) is 0.866. The molecule has 0 aliphatic carbocycles. The molecule has 0 N–H and O–H groups in total. The maximum absolute atomic E-state index is 11.0. The molecule has 0 atom stereocenters. The van der Waals surface area contributed by atoms with Crippen LogP contribution >= 0.6 is 0 Å². The fourth-order valence-corrected chi connectivity index (χ4v) is 0.236. The highest BCUT2D eigenvalue weighted by molar-refractivity contribution is 6.40. The Kier molecular flexibility index (Phi) is 4.10. The van der Waals surface area contributed by atoms with E-state index in [9.17, 15) is 9.05 Å². The van der Waals surface area contributed by atoms with Crippen LogP contribution in [0.15, 0.2) is 10.3 Å². The van der Waals surface area contributed by atoms with Gasteiger partial charge in [0.05, 0.1) is 0 Å². The first kappa shape index (κ1) is 8.80. The molecule has 0 spiro atoms. The number of nitrogens with zero attached hydrogens (tertiary/aromatic N) is 2. The van der Waals surface area contributed by atoms with Crippen molar-refractivity contribution in [3.8, 4) is 0 Å². The molecule has 0 aliphatic rings. The van der Waals surface area contributed by atoms with Crippen molar-refractivity contribution in [2.24, 2.45) is 10.3 Å². The number of rotatable bonds is 3. The van der Waals surface area contributed by atoms with Crippen LogP contribution in [0.5, 0.6) is 0 Å². The van der Waals surface area contributed by atoms with E-state index < -0.39 is 0 Å². The van der Waals surface area contributed by atoms with Crippen molar-refractivity contribution >= 4 is 11.4 Å². The Morgan fingerprint density at radius 2 is 1.30 bits per heavy atom. The molecule has 0 heterocycles. The second kappa shape index (κ2) is 4.66. The van der Waals surface area contributed by atoms with Gasteiger partial charge >= 0.3 is 0 Å². The minimum Gasteiger partial charge on any atom is -0.174 e. The van der Waals surface area contributed by atoms with Crippen molar-refractivity contribution in [2.75, 3.05) is 0 Å². The molecule has 0 radical (unpaired) electrons. The zero-order valence-electron chi connectivity index (χ0n) is 5.47. The van der Waals surface area contributed by atoms with E-state index in [0.717, 1.165) is 0 Å². The van der Waals surface area contributed by atoms with Crippen molar-refractivity contribution in [2.45, 2.75) is 13.8 Å². The van der Waals surface area contributed by atoms with Crippen LogP contribution in [0, 0.1) is 0 Å². The summed E-state index contributed by atoms with van der Waals surface area (Å²) in [5, 5.41) is 11.4. The van der Waals surface area contributed by atoms with Crippen molar-refractivity contribution in [1.82, 2.24) is 0 Å². The highest BCUT2D eigenvalue weighted by Gasteiger charge is 1.97. The summed E-state index contributed by atoms with van der Waals surface area (Å²) in [6.45, 7) is 2.77. The summed E-state index contributed by atoms with van der Waals surface area (Å²) in [4.78, 5) is 0. The van der Waals surface area contributed by atoms with Crippen LogP contribution in [-0.4, -0.2) is 11.4 Å². The fourth-order valence-electron chi connectivity index (χ4n) is 0.236. The Morgan fingerprint density at radius 1 is 1.00 bits per heavy atom. The lowest BCUT2D eigenvalue weighted by Crippen LogP contribution is -2.05. The van der Waals surface area contributed by atoms with Crippen molar-refractivity contribution < 1.29 is 19.1 Å². The molecule has 0 aromatic heterocycles. The van der Waals surface area contributed by atoms with Gasteiger partial charge in [-0.3, -0.25) is 0 Å². The lowest BCUT2D eigenvalue weighted by molar-refractivity contribution is -0.132. The Labute approximate surface area is 55.9 Å². The second-order valence-electron chi connectivity index (χ2n) is 1.49. The Balaban J connectivity index is 4.06. The van der Waals surface area contributed by atoms with E-state index in [2.05, 4.69) is 20.4 Å². The van der Waals surface area contributed by atoms with Gasteiger partial charge in [0.25, 0.3) is 0 Å². The van der Waals surface area contributed by atoms with Gasteiger partial charge in [0.15, 0.2) is 0 Å². The monoisotopic (exact) mass is 152 g/mol. The summed E-state index contributed by atoms with van der Waals surface area (Å²) in [6.07, 6.45) is 0. The summed E-state index contributed by atoms with van der Waals surface area (Å²) in [6, 6.07) is 0. The molecular formula is C4H6F2N2O2. The first-order valence-corrected chi connectivity index (χ1v) is 2.37. The Hall–Kier alpha value is -1.20. The molecule has 0 bridgehead atoms. The normalized spacial score (nSPS) is 13.2. The van der Waals surface area contributed by atoms with Gasteiger partial charge in [-0.05, 0) is 24.2 Å². The first-order chi connectivity index (χ1) is 4.72. The summed E-state index contributed by atoms with van der Waals surface area (Å²) in [7, 11) is 0. The van der Waals surface area contributed by atoms with Gasteiger partial charge in [0.2, 0.25) is 0 Å². The van der Waals surface area contributed by atoms with Crippen LogP contribution < -0.4 is 0 Å². The molecule has 0 aromatic carbocycles. The fraction of sp³-hybridized carbons (Fsp3) is 0.500. The van der Waals surface area contributed by atoms with Crippen LogP contribution in [-0.2, 0) is 10.1 Å². The minimum atomic E-state index is 0.0974. The third kappa shape index (κ3) is 2.95. The van der Waals surface area contributed by atoms with E-state index in [1.54, 1.807) is 0 Å². The Bertz CT molecular complexity index is 139. The molecule has 0 unspecified atom stereocenters. The van der Waals surface area contributed by atoms with E-state index in [1.807, 2.05) is 0 Å². The molecule has 0 rings (SSSR count). The van der Waals surface area contributed by atoms with Gasteiger partial charge < -0.3 is 0 Å². The number of oxime groups is 2. The molecule has 0 fully saturated rings. The van der Waals surface area contributed by atoms with Crippen molar-refractivity contribution in [3.05, 3.63) is 0 Å². The molecule has 0 aromatic rings. The molecule has 0 aliphatic heterocycles. The van der Waals surface area contributed by atoms with Crippen LogP contribution in [0.4, 0.5) is 9.05 Å². The second-order valence-corrected chi connectivity index (χ2v) is 1.49. The number of halogens is 2. The average molecular weight is 152 g/mol. The van der Waals surface area contributed by atoms with Crippen LogP contribution in [0.1, 0.15) is 13.8 Å².